The second-order valence-electron chi connectivity index (χ2n) is 6.86. The second-order valence-corrected chi connectivity index (χ2v) is 14.9. The highest BCUT2D eigenvalue weighted by Crippen LogP contribution is 2.51. The van der Waals surface area contributed by atoms with Crippen LogP contribution in [-0.2, 0) is 4.79 Å². The zero-order valence-corrected chi connectivity index (χ0v) is 17.7. The first-order chi connectivity index (χ1) is 12.1. The molecule has 1 fully saturated rings. The molecule has 0 aliphatic carbocycles. The van der Waals surface area contributed by atoms with Crippen molar-refractivity contribution in [2.75, 3.05) is 11.5 Å². The molecule has 0 aromatic heterocycles. The summed E-state index contributed by atoms with van der Waals surface area (Å²) < 4.78 is 0.125. The van der Waals surface area contributed by atoms with Crippen LogP contribution in [0.4, 0.5) is 0 Å². The van der Waals surface area contributed by atoms with Crippen LogP contribution < -0.4 is 10.4 Å². The Kier molecular flexibility index (Phi) is 6.13. The van der Waals surface area contributed by atoms with Gasteiger partial charge in [0.1, 0.15) is 13.9 Å². The third-order valence-electron chi connectivity index (χ3n) is 5.23. The molecule has 0 bridgehead atoms. The highest BCUT2D eigenvalue weighted by molar-refractivity contribution is 8.21. The largest absolute Gasteiger partial charge is 0.300 e. The summed E-state index contributed by atoms with van der Waals surface area (Å²) in [6.45, 7) is 4.25. The van der Waals surface area contributed by atoms with Crippen LogP contribution >= 0.6 is 23.5 Å². The van der Waals surface area contributed by atoms with Crippen LogP contribution in [0.2, 0.25) is 6.55 Å². The van der Waals surface area contributed by atoms with Crippen molar-refractivity contribution in [3.8, 4) is 0 Å². The average Bonchev–Trinajstić information content (AvgIpc) is 2.68. The van der Waals surface area contributed by atoms with E-state index in [-0.39, 0.29) is 3.70 Å². The summed E-state index contributed by atoms with van der Waals surface area (Å²) in [5.41, 5.74) is 0. The van der Waals surface area contributed by atoms with Crippen LogP contribution in [0.3, 0.4) is 0 Å². The van der Waals surface area contributed by atoms with Crippen molar-refractivity contribution >= 4 is 47.8 Å². The lowest BCUT2D eigenvalue weighted by Crippen LogP contribution is -2.69. The maximum absolute atomic E-state index is 11.8. The Morgan fingerprint density at radius 1 is 0.960 bits per heavy atom. The van der Waals surface area contributed by atoms with Gasteiger partial charge in [0.15, 0.2) is 0 Å². The van der Waals surface area contributed by atoms with E-state index in [0.717, 1.165) is 6.42 Å². The van der Waals surface area contributed by atoms with Crippen LogP contribution in [-0.4, -0.2) is 29.1 Å². The summed E-state index contributed by atoms with van der Waals surface area (Å²) in [6.07, 6.45) is 2.93. The number of ketones is 1. The summed E-state index contributed by atoms with van der Waals surface area (Å²) in [4.78, 5) is 11.8. The normalized spacial score (nSPS) is 17.2. The maximum Gasteiger partial charge on any atom is 0.142 e. The van der Waals surface area contributed by atoms with Crippen molar-refractivity contribution in [3.63, 3.8) is 0 Å². The highest BCUT2D eigenvalue weighted by atomic mass is 32.2. The van der Waals surface area contributed by atoms with Crippen molar-refractivity contribution in [1.82, 2.24) is 0 Å². The first-order valence-electron chi connectivity index (χ1n) is 8.97. The van der Waals surface area contributed by atoms with E-state index in [2.05, 4.69) is 90.7 Å². The van der Waals surface area contributed by atoms with Crippen molar-refractivity contribution in [2.24, 2.45) is 0 Å². The minimum atomic E-state index is -2.04. The number of carbonyl (C=O) groups is 1. The zero-order chi connectivity index (χ0) is 17.8. The fourth-order valence-electron chi connectivity index (χ4n) is 3.75. The number of benzene rings is 2. The fraction of sp³-hybridized carbons (Fsp3) is 0.381. The lowest BCUT2D eigenvalue weighted by atomic mass is 10.2. The minimum absolute atomic E-state index is 0.125. The molecule has 0 saturated carbocycles. The quantitative estimate of drug-likeness (QED) is 0.687. The molecular formula is C21H26OS2Si. The number of thioether (sulfide) groups is 2. The van der Waals surface area contributed by atoms with E-state index in [0.29, 0.717) is 12.2 Å². The van der Waals surface area contributed by atoms with Crippen LogP contribution in [0, 0.1) is 0 Å². The first-order valence-corrected chi connectivity index (χ1v) is 13.4. The predicted molar refractivity (Wildman–Crippen MR) is 116 cm³/mol. The van der Waals surface area contributed by atoms with E-state index in [1.54, 1.807) is 6.92 Å². The lowest BCUT2D eigenvalue weighted by molar-refractivity contribution is -0.117. The first kappa shape index (κ1) is 18.8. The molecule has 3 rings (SSSR count). The van der Waals surface area contributed by atoms with Gasteiger partial charge < -0.3 is 4.79 Å². The minimum Gasteiger partial charge on any atom is -0.300 e. The third-order valence-corrected chi connectivity index (χ3v) is 16.3. The van der Waals surface area contributed by atoms with Gasteiger partial charge in [0.2, 0.25) is 0 Å². The third kappa shape index (κ3) is 3.76. The molecule has 25 heavy (non-hydrogen) atoms. The Bertz CT molecular complexity index is 657. The smallest absolute Gasteiger partial charge is 0.142 e. The monoisotopic (exact) mass is 386 g/mol. The van der Waals surface area contributed by atoms with Gasteiger partial charge in [-0.15, -0.1) is 23.5 Å². The molecule has 0 unspecified atom stereocenters. The molecule has 1 aliphatic heterocycles. The molecular weight excluding hydrogens is 360 g/mol. The standard InChI is InChI=1S/C21H26OS2Si/c1-18(22)14-15-21(23-16-9-17-24-21)25(2,19-10-5-3-6-11-19)20-12-7-4-8-13-20/h3-8,10-13H,9,14-17H2,1-2H3. The molecule has 132 valence electrons. The lowest BCUT2D eigenvalue weighted by Gasteiger charge is -2.49. The molecule has 0 N–H and O–H groups in total. The van der Waals surface area contributed by atoms with Crippen LogP contribution in [0.1, 0.15) is 26.2 Å². The van der Waals surface area contributed by atoms with E-state index >= 15 is 0 Å². The van der Waals surface area contributed by atoms with Gasteiger partial charge in [0, 0.05) is 6.42 Å². The molecule has 4 heteroatoms. The van der Waals surface area contributed by atoms with E-state index in [1.165, 1.54) is 28.3 Å². The summed E-state index contributed by atoms with van der Waals surface area (Å²) in [5.74, 6) is 2.71. The molecule has 1 heterocycles. The Hall–Kier alpha value is -0.973. The number of hydrogen-bond donors (Lipinski definition) is 0. The van der Waals surface area contributed by atoms with Gasteiger partial charge in [-0.2, -0.15) is 0 Å². The van der Waals surface area contributed by atoms with Crippen molar-refractivity contribution in [2.45, 2.75) is 36.4 Å². The van der Waals surface area contributed by atoms with Crippen LogP contribution in [0.5, 0.6) is 0 Å². The summed E-state index contributed by atoms with van der Waals surface area (Å²) in [7, 11) is -2.04. The number of carbonyl (C=O) groups excluding carboxylic acids is 1. The molecule has 0 amide bonds. The maximum atomic E-state index is 11.8. The van der Waals surface area contributed by atoms with Crippen molar-refractivity contribution in [3.05, 3.63) is 60.7 Å². The summed E-state index contributed by atoms with van der Waals surface area (Å²) >= 11 is 4.24. The molecule has 2 aromatic rings. The van der Waals surface area contributed by atoms with Crippen molar-refractivity contribution < 1.29 is 4.79 Å². The van der Waals surface area contributed by atoms with E-state index < -0.39 is 8.07 Å². The van der Waals surface area contributed by atoms with Gasteiger partial charge in [0.25, 0.3) is 0 Å². The number of rotatable bonds is 6. The van der Waals surface area contributed by atoms with Gasteiger partial charge in [-0.1, -0.05) is 77.6 Å². The molecule has 0 spiro atoms. The molecule has 2 aromatic carbocycles. The van der Waals surface area contributed by atoms with Gasteiger partial charge in [-0.3, -0.25) is 0 Å². The molecule has 1 nitrogen and oxygen atoms in total. The Morgan fingerprint density at radius 2 is 1.44 bits per heavy atom. The Balaban J connectivity index is 2.15. The highest BCUT2D eigenvalue weighted by Gasteiger charge is 2.53. The number of Topliss-reactive ketones (excluding diaryl/α,β-unsaturated/α-hetero) is 1. The topological polar surface area (TPSA) is 17.1 Å². The van der Waals surface area contributed by atoms with Gasteiger partial charge in [0.05, 0.1) is 3.70 Å². The van der Waals surface area contributed by atoms with E-state index in [4.69, 9.17) is 0 Å². The van der Waals surface area contributed by atoms with Gasteiger partial charge in [-0.25, -0.2) is 0 Å². The van der Waals surface area contributed by atoms with Gasteiger partial charge >= 0.3 is 0 Å². The van der Waals surface area contributed by atoms with E-state index in [1.807, 2.05) is 0 Å². The molecule has 1 saturated heterocycles. The zero-order valence-electron chi connectivity index (χ0n) is 15.0. The Labute approximate surface area is 161 Å². The Morgan fingerprint density at radius 3 is 1.88 bits per heavy atom. The second kappa shape index (κ2) is 8.15. The molecule has 0 radical (unpaired) electrons. The summed E-state index contributed by atoms with van der Waals surface area (Å²) in [5, 5.41) is 2.96. The predicted octanol–water partition coefficient (Wildman–Crippen LogP) is 4.35. The van der Waals surface area contributed by atoms with E-state index in [9.17, 15) is 4.79 Å². The molecule has 1 aliphatic rings. The fourth-order valence-corrected chi connectivity index (χ4v) is 14.4. The van der Waals surface area contributed by atoms with Gasteiger partial charge in [-0.05, 0) is 31.3 Å². The molecule has 0 atom stereocenters. The SMILES string of the molecule is CC(=O)CCC1([Si](C)(c2ccccc2)c2ccccc2)SCCCS1. The average molecular weight is 387 g/mol. The number of hydrogen-bond acceptors (Lipinski definition) is 3. The van der Waals surface area contributed by atoms with Crippen LogP contribution in [0.25, 0.3) is 0 Å². The van der Waals surface area contributed by atoms with Crippen LogP contribution in [0.15, 0.2) is 60.7 Å². The summed E-state index contributed by atoms with van der Waals surface area (Å²) in [6, 6.07) is 22.1. The van der Waals surface area contributed by atoms with Crippen molar-refractivity contribution in [1.29, 1.82) is 0 Å².